The highest BCUT2D eigenvalue weighted by Gasteiger charge is 2.33. The van der Waals surface area contributed by atoms with Crippen molar-refractivity contribution in [1.82, 2.24) is 15.3 Å². The molecule has 0 saturated heterocycles. The molecule has 41 heavy (non-hydrogen) atoms. The van der Waals surface area contributed by atoms with Crippen LogP contribution in [-0.2, 0) is 25.5 Å². The molecule has 220 valence electrons. The highest BCUT2D eigenvalue weighted by Crippen LogP contribution is 2.39. The van der Waals surface area contributed by atoms with E-state index in [1.54, 1.807) is 31.5 Å². The third kappa shape index (κ3) is 9.11. The van der Waals surface area contributed by atoms with E-state index in [4.69, 9.17) is 19.3 Å². The van der Waals surface area contributed by atoms with Gasteiger partial charge in [0.1, 0.15) is 11.9 Å². The number of carboxylic acids is 2. The zero-order valence-electron chi connectivity index (χ0n) is 22.3. The molecule has 0 spiro atoms. The predicted molar refractivity (Wildman–Crippen MR) is 145 cm³/mol. The molecule has 0 bridgehead atoms. The summed E-state index contributed by atoms with van der Waals surface area (Å²) in [5.41, 5.74) is 0.512. The summed E-state index contributed by atoms with van der Waals surface area (Å²) in [5, 5.41) is 33.8. The number of nitrogens with zero attached hydrogens (tertiary/aromatic N) is 4. The molecule has 2 unspecified atom stereocenters. The standard InChI is InChI=1S/C25H29N5O10S/c1-3-38-19(33)8-5-14-11-15(21-26-9-4-10-27-21)13-16(12-14)39-22-20(30(36)37)23(29-25(28-22)41-2)40-17(24(34)35)6-7-18(31)32/h9,11-13,17,21,27H,3-8,10H2,1-2H3,(H,31,32)(H,34,35). The molecule has 15 nitrogen and oxygen atoms in total. The van der Waals surface area contributed by atoms with Crippen LogP contribution in [0, 0.1) is 10.1 Å². The first kappa shape index (κ1) is 31.2. The van der Waals surface area contributed by atoms with Crippen molar-refractivity contribution in [1.29, 1.82) is 0 Å². The van der Waals surface area contributed by atoms with E-state index in [0.717, 1.165) is 18.2 Å². The zero-order valence-corrected chi connectivity index (χ0v) is 23.1. The van der Waals surface area contributed by atoms with Crippen LogP contribution in [0.25, 0.3) is 0 Å². The molecule has 1 aromatic carbocycles. The van der Waals surface area contributed by atoms with Crippen molar-refractivity contribution < 1.29 is 43.7 Å². The van der Waals surface area contributed by atoms with E-state index >= 15 is 0 Å². The molecule has 2 aromatic rings. The second-order valence-electron chi connectivity index (χ2n) is 8.60. The number of aromatic nitrogens is 2. The number of rotatable bonds is 15. The molecule has 1 aliphatic rings. The molecule has 2 heterocycles. The average Bonchev–Trinajstić information content (AvgIpc) is 2.94. The van der Waals surface area contributed by atoms with Gasteiger partial charge in [-0.2, -0.15) is 9.97 Å². The van der Waals surface area contributed by atoms with Crippen molar-refractivity contribution in [3.8, 4) is 17.5 Å². The number of carbonyl (C=O) groups excluding carboxylic acids is 1. The van der Waals surface area contributed by atoms with Gasteiger partial charge in [-0.05, 0) is 49.3 Å². The van der Waals surface area contributed by atoms with Gasteiger partial charge in [0.2, 0.25) is 0 Å². The zero-order chi connectivity index (χ0) is 29.9. The number of thioether (sulfide) groups is 1. The Balaban J connectivity index is 2.03. The maximum Gasteiger partial charge on any atom is 0.392 e. The van der Waals surface area contributed by atoms with E-state index in [1.165, 1.54) is 0 Å². The molecule has 0 aliphatic carbocycles. The quantitative estimate of drug-likeness (QED) is 0.0892. The number of hydrogen-bond acceptors (Lipinski definition) is 13. The number of esters is 1. The average molecular weight is 592 g/mol. The van der Waals surface area contributed by atoms with Gasteiger partial charge in [-0.15, -0.1) is 0 Å². The molecular formula is C25H29N5O10S. The third-order valence-electron chi connectivity index (χ3n) is 5.62. The van der Waals surface area contributed by atoms with Crippen molar-refractivity contribution in [3.05, 3.63) is 39.4 Å². The number of aliphatic imine (C=N–C) groups is 1. The van der Waals surface area contributed by atoms with Crippen molar-refractivity contribution >= 4 is 41.6 Å². The lowest BCUT2D eigenvalue weighted by atomic mass is 10.0. The van der Waals surface area contributed by atoms with E-state index in [2.05, 4.69) is 20.3 Å². The first-order valence-electron chi connectivity index (χ1n) is 12.5. The van der Waals surface area contributed by atoms with Crippen LogP contribution in [0.15, 0.2) is 28.3 Å². The molecule has 3 rings (SSSR count). The monoisotopic (exact) mass is 591 g/mol. The van der Waals surface area contributed by atoms with Gasteiger partial charge < -0.3 is 24.4 Å². The fraction of sp³-hybridized carbons (Fsp3) is 0.440. The second kappa shape index (κ2) is 14.9. The SMILES string of the molecule is CCOC(=O)CCc1cc(Oc2nc(SC)nc(OC(CCC(=O)O)C(=O)O)c2[N+](=O)[O-])cc(C2N=CCCN2)c1. The lowest BCUT2D eigenvalue weighted by molar-refractivity contribution is -0.387. The van der Waals surface area contributed by atoms with Gasteiger partial charge in [0, 0.05) is 32.0 Å². The molecule has 0 saturated carbocycles. The van der Waals surface area contributed by atoms with Crippen LogP contribution in [0.3, 0.4) is 0 Å². The fourth-order valence-corrected chi connectivity index (χ4v) is 4.13. The van der Waals surface area contributed by atoms with Crippen LogP contribution >= 0.6 is 11.8 Å². The minimum atomic E-state index is -1.73. The number of hydrogen-bond donors (Lipinski definition) is 3. The molecule has 2 atom stereocenters. The number of benzene rings is 1. The summed E-state index contributed by atoms with van der Waals surface area (Å²) >= 11 is 1.000. The van der Waals surface area contributed by atoms with Crippen molar-refractivity contribution in [2.24, 2.45) is 4.99 Å². The van der Waals surface area contributed by atoms with E-state index in [9.17, 15) is 29.6 Å². The van der Waals surface area contributed by atoms with E-state index in [0.29, 0.717) is 24.1 Å². The molecule has 1 aromatic heterocycles. The Labute approximate surface area is 238 Å². The first-order chi connectivity index (χ1) is 19.6. The molecule has 0 radical (unpaired) electrons. The van der Waals surface area contributed by atoms with Gasteiger partial charge in [-0.1, -0.05) is 17.8 Å². The molecule has 3 N–H and O–H groups in total. The van der Waals surface area contributed by atoms with Gasteiger partial charge in [0.15, 0.2) is 11.3 Å². The Morgan fingerprint density at radius 3 is 2.56 bits per heavy atom. The van der Waals surface area contributed by atoms with E-state index in [1.807, 2.05) is 6.07 Å². The topological polar surface area (TPSA) is 213 Å². The molecule has 0 fully saturated rings. The lowest BCUT2D eigenvalue weighted by Crippen LogP contribution is -2.28. The maximum absolute atomic E-state index is 12.1. The summed E-state index contributed by atoms with van der Waals surface area (Å²) in [6.07, 6.45) is 1.35. The van der Waals surface area contributed by atoms with Crippen LogP contribution in [0.1, 0.15) is 49.9 Å². The first-order valence-corrected chi connectivity index (χ1v) is 13.8. The predicted octanol–water partition coefficient (Wildman–Crippen LogP) is 3.15. The Morgan fingerprint density at radius 1 is 1.20 bits per heavy atom. The number of aryl methyl sites for hydroxylation is 1. The van der Waals surface area contributed by atoms with E-state index in [-0.39, 0.29) is 29.9 Å². The smallest absolute Gasteiger partial charge is 0.392 e. The third-order valence-corrected chi connectivity index (χ3v) is 6.17. The number of nitro groups is 1. The van der Waals surface area contributed by atoms with Crippen LogP contribution < -0.4 is 14.8 Å². The number of carbonyl (C=O) groups is 3. The van der Waals surface area contributed by atoms with Gasteiger partial charge >= 0.3 is 35.4 Å². The Kier molecular flexibility index (Phi) is 11.3. The van der Waals surface area contributed by atoms with Crippen molar-refractivity contribution in [2.45, 2.75) is 56.5 Å². The fourth-order valence-electron chi connectivity index (χ4n) is 3.78. The van der Waals surface area contributed by atoms with Crippen LogP contribution in [0.5, 0.6) is 17.5 Å². The summed E-state index contributed by atoms with van der Waals surface area (Å²) in [6.45, 7) is 2.63. The molecule has 1 aliphatic heterocycles. The Hall–Kier alpha value is -4.31. The molecule has 0 amide bonds. The van der Waals surface area contributed by atoms with Crippen LogP contribution in [-0.4, -0.2) is 74.7 Å². The Morgan fingerprint density at radius 2 is 1.95 bits per heavy atom. The van der Waals surface area contributed by atoms with Crippen LogP contribution in [0.2, 0.25) is 0 Å². The number of nitrogens with one attached hydrogen (secondary N) is 1. The number of carboxylic acid groups (broad SMARTS) is 2. The van der Waals surface area contributed by atoms with Gasteiger partial charge in [0.25, 0.3) is 0 Å². The number of aliphatic carboxylic acids is 2. The highest BCUT2D eigenvalue weighted by atomic mass is 32.2. The normalized spacial score (nSPS) is 15.1. The summed E-state index contributed by atoms with van der Waals surface area (Å²) in [7, 11) is 0. The minimum absolute atomic E-state index is 0.0137. The van der Waals surface area contributed by atoms with Crippen LogP contribution in [0.4, 0.5) is 5.69 Å². The Bertz CT molecular complexity index is 1320. The van der Waals surface area contributed by atoms with Gasteiger partial charge in [-0.25, -0.2) is 4.79 Å². The van der Waals surface area contributed by atoms with Crippen molar-refractivity contribution in [2.75, 3.05) is 19.4 Å². The van der Waals surface area contributed by atoms with Gasteiger partial charge in [0.05, 0.1) is 11.5 Å². The molecular weight excluding hydrogens is 562 g/mol. The number of ether oxygens (including phenoxy) is 3. The largest absolute Gasteiger partial charge is 0.481 e. The lowest BCUT2D eigenvalue weighted by Gasteiger charge is -2.20. The summed E-state index contributed by atoms with van der Waals surface area (Å²) < 4.78 is 16.2. The summed E-state index contributed by atoms with van der Waals surface area (Å²) in [6, 6.07) is 5.04. The van der Waals surface area contributed by atoms with E-state index < -0.39 is 59.4 Å². The summed E-state index contributed by atoms with van der Waals surface area (Å²) in [5.74, 6) is -4.22. The van der Waals surface area contributed by atoms with Crippen molar-refractivity contribution in [3.63, 3.8) is 0 Å². The highest BCUT2D eigenvalue weighted by molar-refractivity contribution is 7.98. The van der Waals surface area contributed by atoms with Gasteiger partial charge in [-0.3, -0.25) is 30.0 Å². The molecule has 16 heteroatoms. The minimum Gasteiger partial charge on any atom is -0.481 e. The maximum atomic E-state index is 12.1. The second-order valence-corrected chi connectivity index (χ2v) is 9.37. The summed E-state index contributed by atoms with van der Waals surface area (Å²) in [4.78, 5) is 58.3.